The molecule has 0 bridgehead atoms. The lowest BCUT2D eigenvalue weighted by Gasteiger charge is -2.14. The highest BCUT2D eigenvalue weighted by molar-refractivity contribution is 7.92. The molecule has 3 N–H and O–H groups in total. The average molecular weight is 481 g/mol. The van der Waals surface area contributed by atoms with E-state index in [-0.39, 0.29) is 16.1 Å². The van der Waals surface area contributed by atoms with E-state index in [1.807, 2.05) is 6.07 Å². The van der Waals surface area contributed by atoms with Crippen LogP contribution < -0.4 is 15.4 Å². The summed E-state index contributed by atoms with van der Waals surface area (Å²) >= 11 is 0. The number of rotatable bonds is 8. The summed E-state index contributed by atoms with van der Waals surface area (Å²) in [5, 5.41) is 5.39. The number of aromatic nitrogens is 3. The van der Waals surface area contributed by atoms with Crippen molar-refractivity contribution < 1.29 is 17.6 Å². The van der Waals surface area contributed by atoms with E-state index in [0.29, 0.717) is 17.9 Å². The van der Waals surface area contributed by atoms with Crippen molar-refractivity contribution in [2.75, 3.05) is 10.0 Å². The minimum atomic E-state index is -4.05. The van der Waals surface area contributed by atoms with E-state index in [0.717, 1.165) is 5.56 Å². The van der Waals surface area contributed by atoms with Crippen LogP contribution in [0.3, 0.4) is 0 Å². The molecule has 0 unspecified atom stereocenters. The molecule has 4 aromatic rings. The number of anilines is 2. The van der Waals surface area contributed by atoms with E-state index in [9.17, 15) is 17.6 Å². The molecule has 4 rings (SSSR count). The molecule has 11 heteroatoms. The van der Waals surface area contributed by atoms with Crippen LogP contribution in [-0.2, 0) is 23.2 Å². The van der Waals surface area contributed by atoms with Crippen molar-refractivity contribution in [2.24, 2.45) is 0 Å². The number of pyridine rings is 1. The van der Waals surface area contributed by atoms with E-state index >= 15 is 0 Å². The van der Waals surface area contributed by atoms with Crippen molar-refractivity contribution in [1.29, 1.82) is 0 Å². The molecule has 0 spiro atoms. The van der Waals surface area contributed by atoms with Crippen LogP contribution >= 0.6 is 0 Å². The number of nitrogens with zero attached hydrogens (tertiary/aromatic N) is 3. The van der Waals surface area contributed by atoms with E-state index in [4.69, 9.17) is 0 Å². The topological polar surface area (TPSA) is 118 Å². The van der Waals surface area contributed by atoms with Gasteiger partial charge in [-0.3, -0.25) is 9.71 Å². The molecule has 9 nitrogen and oxygen atoms in total. The zero-order chi connectivity index (χ0) is 24.0. The van der Waals surface area contributed by atoms with Crippen LogP contribution in [0.25, 0.3) is 5.69 Å². The normalized spacial score (nSPS) is 11.1. The molecule has 0 saturated heterocycles. The average Bonchev–Trinajstić information content (AvgIpc) is 3.39. The molecule has 0 fully saturated rings. The molecule has 0 radical (unpaired) electrons. The summed E-state index contributed by atoms with van der Waals surface area (Å²) in [6.07, 6.45) is 7.89. The standard InChI is InChI=1S/C23H21FN6O3S/c24-13-17-3-8-21(30-11-10-26-16-30)22(12-17)34(32,33)29-20-6-4-19(5-7-20)28-23(31)27-15-18-2-1-9-25-14-18/h1-12,14,16,29H,13,15H2,(H2,27,28,31). The van der Waals surface area contributed by atoms with Gasteiger partial charge in [0.15, 0.2) is 0 Å². The van der Waals surface area contributed by atoms with Crippen LogP contribution in [0.2, 0.25) is 0 Å². The second-order valence-corrected chi connectivity index (χ2v) is 8.91. The van der Waals surface area contributed by atoms with E-state index in [2.05, 4.69) is 25.3 Å². The largest absolute Gasteiger partial charge is 0.334 e. The van der Waals surface area contributed by atoms with Gasteiger partial charge in [0.1, 0.15) is 11.6 Å². The van der Waals surface area contributed by atoms with Gasteiger partial charge in [-0.15, -0.1) is 0 Å². The van der Waals surface area contributed by atoms with Crippen LogP contribution in [-0.4, -0.2) is 29.0 Å². The Morgan fingerprint density at radius 2 is 1.76 bits per heavy atom. The number of amides is 2. The Balaban J connectivity index is 1.45. The van der Waals surface area contributed by atoms with Gasteiger partial charge < -0.3 is 15.2 Å². The molecular weight excluding hydrogens is 459 g/mol. The van der Waals surface area contributed by atoms with Crippen molar-refractivity contribution in [3.63, 3.8) is 0 Å². The molecule has 0 atom stereocenters. The summed E-state index contributed by atoms with van der Waals surface area (Å²) in [5.41, 5.74) is 2.19. The Kier molecular flexibility index (Phi) is 6.83. The SMILES string of the molecule is O=C(NCc1cccnc1)Nc1ccc(NS(=O)(=O)c2cc(CF)ccc2-n2ccnc2)cc1. The second-order valence-electron chi connectivity index (χ2n) is 7.26. The molecule has 34 heavy (non-hydrogen) atoms. The fourth-order valence-electron chi connectivity index (χ4n) is 3.16. The number of alkyl halides is 1. The van der Waals surface area contributed by atoms with Crippen LogP contribution in [0, 0.1) is 0 Å². The lowest BCUT2D eigenvalue weighted by molar-refractivity contribution is 0.251. The zero-order valence-electron chi connectivity index (χ0n) is 17.8. The predicted octanol–water partition coefficient (Wildman–Crippen LogP) is 3.86. The Hall–Kier alpha value is -4.25. The van der Waals surface area contributed by atoms with Crippen molar-refractivity contribution in [1.82, 2.24) is 19.9 Å². The fraction of sp³-hybridized carbons (Fsp3) is 0.0870. The first-order valence-corrected chi connectivity index (χ1v) is 11.7. The summed E-state index contributed by atoms with van der Waals surface area (Å²) in [6.45, 7) is -0.481. The van der Waals surface area contributed by atoms with Gasteiger partial charge in [-0.1, -0.05) is 12.1 Å². The maximum absolute atomic E-state index is 13.2. The molecule has 2 heterocycles. The molecule has 0 aliphatic rings. The third-order valence-electron chi connectivity index (χ3n) is 4.82. The first-order valence-electron chi connectivity index (χ1n) is 10.2. The number of hydrogen-bond donors (Lipinski definition) is 3. The summed E-state index contributed by atoms with van der Waals surface area (Å²) in [5.74, 6) is 0. The van der Waals surface area contributed by atoms with Crippen LogP contribution in [0.1, 0.15) is 11.1 Å². The van der Waals surface area contributed by atoms with Gasteiger partial charge >= 0.3 is 6.03 Å². The number of urea groups is 1. The molecule has 2 aromatic heterocycles. The Labute approximate surface area is 195 Å². The number of imidazole rings is 1. The van der Waals surface area contributed by atoms with Crippen LogP contribution in [0.15, 0.2) is 90.6 Å². The number of carbonyl (C=O) groups is 1. The molecule has 2 amide bonds. The number of sulfonamides is 1. The monoisotopic (exact) mass is 480 g/mol. The van der Waals surface area contributed by atoms with Crippen molar-refractivity contribution in [3.05, 3.63) is 96.8 Å². The number of carbonyl (C=O) groups excluding carboxylic acids is 1. The van der Waals surface area contributed by atoms with Gasteiger partial charge in [-0.05, 0) is 53.6 Å². The summed E-state index contributed by atoms with van der Waals surface area (Å²) < 4.78 is 43.5. The van der Waals surface area contributed by atoms with Crippen molar-refractivity contribution >= 4 is 27.4 Å². The minimum Gasteiger partial charge on any atom is -0.334 e. The number of nitrogens with one attached hydrogen (secondary N) is 3. The van der Waals surface area contributed by atoms with Crippen LogP contribution in [0.4, 0.5) is 20.6 Å². The Morgan fingerprint density at radius 3 is 2.44 bits per heavy atom. The Morgan fingerprint density at radius 1 is 0.971 bits per heavy atom. The van der Waals surface area contributed by atoms with E-state index in [1.165, 1.54) is 47.4 Å². The van der Waals surface area contributed by atoms with Gasteiger partial charge in [-0.2, -0.15) is 0 Å². The molecule has 0 aliphatic carbocycles. The van der Waals surface area contributed by atoms with Crippen molar-refractivity contribution in [3.8, 4) is 5.69 Å². The predicted molar refractivity (Wildman–Crippen MR) is 126 cm³/mol. The highest BCUT2D eigenvalue weighted by Crippen LogP contribution is 2.25. The minimum absolute atomic E-state index is 0.0855. The van der Waals surface area contributed by atoms with E-state index < -0.39 is 22.7 Å². The molecule has 174 valence electrons. The van der Waals surface area contributed by atoms with Crippen molar-refractivity contribution in [2.45, 2.75) is 18.1 Å². The summed E-state index contributed by atoms with van der Waals surface area (Å²) in [4.78, 5) is 19.9. The first kappa shape index (κ1) is 22.9. The van der Waals surface area contributed by atoms with Crippen LogP contribution in [0.5, 0.6) is 0 Å². The lowest BCUT2D eigenvalue weighted by Crippen LogP contribution is -2.28. The first-order chi connectivity index (χ1) is 16.4. The molecule has 2 aromatic carbocycles. The number of halogens is 1. The summed E-state index contributed by atoms with van der Waals surface area (Å²) in [7, 11) is -4.05. The third kappa shape index (κ3) is 5.56. The van der Waals surface area contributed by atoms with Gasteiger partial charge in [-0.25, -0.2) is 22.6 Å². The zero-order valence-corrected chi connectivity index (χ0v) is 18.7. The fourth-order valence-corrected chi connectivity index (χ4v) is 4.48. The highest BCUT2D eigenvalue weighted by atomic mass is 32.2. The molecule has 0 saturated carbocycles. The van der Waals surface area contributed by atoms with Gasteiger partial charge in [0.25, 0.3) is 10.0 Å². The molecular formula is C23H21FN6O3S. The lowest BCUT2D eigenvalue weighted by atomic mass is 10.2. The second kappa shape index (κ2) is 10.1. The molecule has 0 aliphatic heterocycles. The smallest absolute Gasteiger partial charge is 0.319 e. The van der Waals surface area contributed by atoms with Gasteiger partial charge in [0, 0.05) is 42.7 Å². The third-order valence-corrected chi connectivity index (χ3v) is 6.23. The Bertz CT molecular complexity index is 1360. The highest BCUT2D eigenvalue weighted by Gasteiger charge is 2.21. The summed E-state index contributed by atoms with van der Waals surface area (Å²) in [6, 6.07) is 13.7. The quantitative estimate of drug-likeness (QED) is 0.354. The maximum Gasteiger partial charge on any atom is 0.319 e. The number of hydrogen-bond acceptors (Lipinski definition) is 5. The van der Waals surface area contributed by atoms with Gasteiger partial charge in [0.05, 0.1) is 12.0 Å². The van der Waals surface area contributed by atoms with Gasteiger partial charge in [0.2, 0.25) is 0 Å². The van der Waals surface area contributed by atoms with E-state index in [1.54, 1.807) is 36.8 Å². The number of benzene rings is 2. The maximum atomic E-state index is 13.2.